The van der Waals surface area contributed by atoms with Crippen molar-refractivity contribution >= 4 is 17.7 Å². The van der Waals surface area contributed by atoms with Gasteiger partial charge in [0, 0.05) is 11.6 Å². The van der Waals surface area contributed by atoms with Crippen molar-refractivity contribution in [2.24, 2.45) is 16.3 Å². The average molecular weight is 303 g/mol. The standard InChI is InChI=1S/C16H17NO5/c1-7-11(14(19)20)12-9-5-3-4-6-10(9)13(18)16(12,15(21)22)8(2)17-7/h3-6,8,11-13,18H,1-2H3,(H,19,20)(H,21,22). The second kappa shape index (κ2) is 4.64. The first-order valence-corrected chi connectivity index (χ1v) is 7.10. The number of carbonyl (C=O) groups is 2. The summed E-state index contributed by atoms with van der Waals surface area (Å²) in [4.78, 5) is 28.1. The Bertz CT molecular complexity index is 698. The van der Waals surface area contributed by atoms with E-state index in [1.807, 2.05) is 0 Å². The zero-order valence-corrected chi connectivity index (χ0v) is 12.2. The van der Waals surface area contributed by atoms with Gasteiger partial charge in [0.15, 0.2) is 0 Å². The summed E-state index contributed by atoms with van der Waals surface area (Å²) in [6, 6.07) is 6.09. The lowest BCUT2D eigenvalue weighted by Crippen LogP contribution is -2.54. The van der Waals surface area contributed by atoms with Crippen molar-refractivity contribution in [2.75, 3.05) is 0 Å². The largest absolute Gasteiger partial charge is 0.481 e. The van der Waals surface area contributed by atoms with E-state index in [1.54, 1.807) is 38.1 Å². The Balaban J connectivity index is 2.35. The quantitative estimate of drug-likeness (QED) is 0.766. The fourth-order valence-corrected chi connectivity index (χ4v) is 4.16. The predicted molar refractivity (Wildman–Crippen MR) is 77.9 cm³/mol. The van der Waals surface area contributed by atoms with Crippen molar-refractivity contribution < 1.29 is 24.9 Å². The number of aliphatic carboxylic acids is 2. The number of aliphatic hydroxyl groups is 1. The number of hydrogen-bond acceptors (Lipinski definition) is 4. The van der Waals surface area contributed by atoms with Gasteiger partial charge in [-0.3, -0.25) is 14.6 Å². The van der Waals surface area contributed by atoms with Crippen LogP contribution in [0.3, 0.4) is 0 Å². The van der Waals surface area contributed by atoms with Crippen LogP contribution in [-0.2, 0) is 9.59 Å². The van der Waals surface area contributed by atoms with E-state index >= 15 is 0 Å². The number of aliphatic imine (C=N–C) groups is 1. The van der Waals surface area contributed by atoms with E-state index in [-0.39, 0.29) is 0 Å². The number of carboxylic acids is 2. The van der Waals surface area contributed by atoms with Gasteiger partial charge in [0.1, 0.15) is 11.3 Å². The van der Waals surface area contributed by atoms with E-state index in [4.69, 9.17) is 0 Å². The summed E-state index contributed by atoms with van der Waals surface area (Å²) in [6.07, 6.45) is -1.28. The van der Waals surface area contributed by atoms with E-state index in [0.29, 0.717) is 16.8 Å². The van der Waals surface area contributed by atoms with Crippen LogP contribution < -0.4 is 0 Å². The molecule has 0 bridgehead atoms. The minimum atomic E-state index is -1.65. The molecule has 3 N–H and O–H groups in total. The van der Waals surface area contributed by atoms with Gasteiger partial charge in [-0.15, -0.1) is 0 Å². The van der Waals surface area contributed by atoms with Crippen LogP contribution >= 0.6 is 0 Å². The molecule has 1 aromatic rings. The van der Waals surface area contributed by atoms with Gasteiger partial charge >= 0.3 is 11.9 Å². The number of nitrogens with zero attached hydrogens (tertiary/aromatic N) is 1. The molecule has 0 saturated heterocycles. The molecular formula is C16H17NO5. The molecule has 0 amide bonds. The summed E-state index contributed by atoms with van der Waals surface area (Å²) in [7, 11) is 0. The van der Waals surface area contributed by atoms with Crippen molar-refractivity contribution in [2.45, 2.75) is 31.9 Å². The summed E-state index contributed by atoms with van der Waals surface area (Å²) in [5.74, 6) is -4.21. The van der Waals surface area contributed by atoms with Crippen LogP contribution in [0.5, 0.6) is 0 Å². The highest BCUT2D eigenvalue weighted by atomic mass is 16.4. The monoisotopic (exact) mass is 303 g/mol. The molecule has 0 spiro atoms. The predicted octanol–water partition coefficient (Wildman–Crippen LogP) is 1.45. The zero-order valence-electron chi connectivity index (χ0n) is 12.2. The minimum Gasteiger partial charge on any atom is -0.481 e. The molecule has 1 aliphatic heterocycles. The molecule has 22 heavy (non-hydrogen) atoms. The van der Waals surface area contributed by atoms with Gasteiger partial charge in [-0.1, -0.05) is 24.3 Å². The molecule has 1 aliphatic carbocycles. The Labute approximate surface area is 127 Å². The maximum atomic E-state index is 12.1. The molecule has 5 atom stereocenters. The lowest BCUT2D eigenvalue weighted by molar-refractivity contribution is -0.163. The summed E-state index contributed by atoms with van der Waals surface area (Å²) < 4.78 is 0. The summed E-state index contributed by atoms with van der Waals surface area (Å²) >= 11 is 0. The molecule has 0 radical (unpaired) electrons. The first-order valence-electron chi connectivity index (χ1n) is 7.10. The lowest BCUT2D eigenvalue weighted by Gasteiger charge is -2.43. The maximum absolute atomic E-state index is 12.1. The first-order chi connectivity index (χ1) is 10.3. The Hall–Kier alpha value is -2.21. The van der Waals surface area contributed by atoms with Gasteiger partial charge in [0.05, 0.1) is 12.1 Å². The number of carboxylic acid groups (broad SMARTS) is 2. The van der Waals surface area contributed by atoms with Crippen molar-refractivity contribution in [1.82, 2.24) is 0 Å². The molecule has 6 heteroatoms. The highest BCUT2D eigenvalue weighted by molar-refractivity contribution is 6.04. The number of fused-ring (bicyclic) bond motifs is 3. The second-order valence-corrected chi connectivity index (χ2v) is 6.01. The van der Waals surface area contributed by atoms with Crippen LogP contribution in [0.15, 0.2) is 29.3 Å². The number of benzene rings is 1. The fourth-order valence-electron chi connectivity index (χ4n) is 4.16. The number of hydrogen-bond donors (Lipinski definition) is 3. The maximum Gasteiger partial charge on any atom is 0.315 e. The molecule has 6 nitrogen and oxygen atoms in total. The van der Waals surface area contributed by atoms with Gasteiger partial charge < -0.3 is 15.3 Å². The Morgan fingerprint density at radius 1 is 1.18 bits per heavy atom. The highest BCUT2D eigenvalue weighted by Crippen LogP contribution is 2.61. The molecule has 1 heterocycles. The minimum absolute atomic E-state index is 0.394. The third-order valence-electron chi connectivity index (χ3n) is 5.10. The highest BCUT2D eigenvalue weighted by Gasteiger charge is 2.66. The van der Waals surface area contributed by atoms with Crippen LogP contribution in [0, 0.1) is 11.3 Å². The number of rotatable bonds is 2. The van der Waals surface area contributed by atoms with Crippen LogP contribution in [0.4, 0.5) is 0 Å². The topological polar surface area (TPSA) is 107 Å². The molecule has 116 valence electrons. The Kier molecular flexibility index (Phi) is 3.11. The Morgan fingerprint density at radius 2 is 1.77 bits per heavy atom. The van der Waals surface area contributed by atoms with Gasteiger partial charge in [0.2, 0.25) is 0 Å². The molecule has 1 aromatic carbocycles. The molecule has 5 unspecified atom stereocenters. The van der Waals surface area contributed by atoms with Gasteiger partial charge in [-0.05, 0) is 25.0 Å². The van der Waals surface area contributed by atoms with Crippen molar-refractivity contribution in [3.8, 4) is 0 Å². The summed E-state index contributed by atoms with van der Waals surface area (Å²) in [5.41, 5.74) is -0.179. The van der Waals surface area contributed by atoms with Crippen molar-refractivity contribution in [1.29, 1.82) is 0 Å². The Morgan fingerprint density at radius 3 is 2.32 bits per heavy atom. The first kappa shape index (κ1) is 14.7. The van der Waals surface area contributed by atoms with Crippen LogP contribution in [0.2, 0.25) is 0 Å². The van der Waals surface area contributed by atoms with Crippen LogP contribution in [0.1, 0.15) is 37.0 Å². The SMILES string of the molecule is CC1=NC(C)C2(C(=O)O)C(O)c3ccccc3C2C1C(=O)O. The molecule has 0 aromatic heterocycles. The van der Waals surface area contributed by atoms with E-state index in [1.165, 1.54) is 0 Å². The number of aliphatic hydroxyl groups excluding tert-OH is 1. The van der Waals surface area contributed by atoms with Crippen LogP contribution in [0.25, 0.3) is 0 Å². The van der Waals surface area contributed by atoms with E-state index in [0.717, 1.165) is 0 Å². The van der Waals surface area contributed by atoms with E-state index in [2.05, 4.69) is 4.99 Å². The fraction of sp³-hybridized carbons (Fsp3) is 0.438. The smallest absolute Gasteiger partial charge is 0.315 e. The molecule has 2 aliphatic rings. The van der Waals surface area contributed by atoms with Gasteiger partial charge in [-0.25, -0.2) is 0 Å². The molecular weight excluding hydrogens is 286 g/mol. The van der Waals surface area contributed by atoms with Crippen molar-refractivity contribution in [3.05, 3.63) is 35.4 Å². The summed E-state index contributed by atoms with van der Waals surface area (Å²) in [5, 5.41) is 30.2. The summed E-state index contributed by atoms with van der Waals surface area (Å²) in [6.45, 7) is 3.23. The van der Waals surface area contributed by atoms with Crippen LogP contribution in [-0.4, -0.2) is 39.0 Å². The second-order valence-electron chi connectivity index (χ2n) is 6.01. The van der Waals surface area contributed by atoms with Gasteiger partial charge in [0.25, 0.3) is 0 Å². The van der Waals surface area contributed by atoms with Crippen molar-refractivity contribution in [3.63, 3.8) is 0 Å². The van der Waals surface area contributed by atoms with E-state index in [9.17, 15) is 24.9 Å². The average Bonchev–Trinajstić information content (AvgIpc) is 2.70. The molecule has 0 fully saturated rings. The normalized spacial score (nSPS) is 36.2. The van der Waals surface area contributed by atoms with E-state index < -0.39 is 41.3 Å². The molecule has 3 rings (SSSR count). The third-order valence-corrected chi connectivity index (χ3v) is 5.10. The van der Waals surface area contributed by atoms with Gasteiger partial charge in [-0.2, -0.15) is 0 Å². The molecule has 0 saturated carbocycles. The third kappa shape index (κ3) is 1.56. The zero-order chi connectivity index (χ0) is 16.2. The lowest BCUT2D eigenvalue weighted by atomic mass is 9.62.